The van der Waals surface area contributed by atoms with Crippen molar-refractivity contribution in [1.82, 2.24) is 0 Å². The second-order valence-electron chi connectivity index (χ2n) is 15.0. The van der Waals surface area contributed by atoms with Crippen molar-refractivity contribution < 1.29 is 0 Å². The van der Waals surface area contributed by atoms with E-state index in [0.29, 0.717) is 0 Å². The SMILES string of the molecule is C1=CC(N(c2ccccc2)c2ccc(-c3cc4cccc5c6c(c7cccc3c7c45)C3(c4ccccc4-c4ccccc43)c3ccccc3-6)cc2)=CCC1.CC. The molecule has 0 atom stereocenters. The van der Waals surface area contributed by atoms with Crippen LogP contribution in [0.15, 0.2) is 194 Å². The highest BCUT2D eigenvalue weighted by atomic mass is 15.1. The Hall–Kier alpha value is -6.70. The number of benzene rings is 9. The molecule has 0 radical (unpaired) electrons. The summed E-state index contributed by atoms with van der Waals surface area (Å²) in [7, 11) is 0. The molecule has 0 fully saturated rings. The first-order valence-electron chi connectivity index (χ1n) is 20.2. The highest BCUT2D eigenvalue weighted by molar-refractivity contribution is 6.31. The number of allylic oxidation sites excluding steroid dienone is 3. The molecule has 3 aliphatic rings. The third kappa shape index (κ3) is 4.37. The normalized spacial score (nSPS) is 14.3. The topological polar surface area (TPSA) is 3.24 Å². The molecular formula is C55H41N. The van der Waals surface area contributed by atoms with E-state index in [2.05, 4.69) is 193 Å². The van der Waals surface area contributed by atoms with Gasteiger partial charge in [0, 0.05) is 17.1 Å². The van der Waals surface area contributed by atoms with Crippen molar-refractivity contribution in [3.05, 3.63) is 216 Å². The average Bonchev–Trinajstić information content (AvgIpc) is 3.76. The van der Waals surface area contributed by atoms with Crippen molar-refractivity contribution in [2.75, 3.05) is 4.90 Å². The fraction of sp³-hybridized carbons (Fsp3) is 0.0909. The van der Waals surface area contributed by atoms with E-state index in [1.807, 2.05) is 13.8 Å². The van der Waals surface area contributed by atoms with Gasteiger partial charge in [-0.2, -0.15) is 0 Å². The fourth-order valence-corrected chi connectivity index (χ4v) is 10.4. The van der Waals surface area contributed by atoms with Gasteiger partial charge in [0.05, 0.1) is 5.41 Å². The van der Waals surface area contributed by atoms with Crippen LogP contribution in [0.25, 0.3) is 65.7 Å². The van der Waals surface area contributed by atoms with Crippen LogP contribution in [0, 0.1) is 0 Å². The highest BCUT2D eigenvalue weighted by Gasteiger charge is 2.53. The van der Waals surface area contributed by atoms with Gasteiger partial charge >= 0.3 is 0 Å². The maximum atomic E-state index is 2.43. The van der Waals surface area contributed by atoms with Crippen LogP contribution in [-0.4, -0.2) is 0 Å². The summed E-state index contributed by atoms with van der Waals surface area (Å²) in [5.74, 6) is 0. The van der Waals surface area contributed by atoms with Crippen molar-refractivity contribution in [1.29, 1.82) is 0 Å². The van der Waals surface area contributed by atoms with Crippen LogP contribution in [0.1, 0.15) is 48.9 Å². The van der Waals surface area contributed by atoms with E-state index in [1.54, 1.807) is 0 Å². The Kier molecular flexibility index (Phi) is 7.41. The van der Waals surface area contributed by atoms with Crippen molar-refractivity contribution in [3.63, 3.8) is 0 Å². The van der Waals surface area contributed by atoms with Gasteiger partial charge in [0.2, 0.25) is 0 Å². The molecule has 266 valence electrons. The van der Waals surface area contributed by atoms with Gasteiger partial charge in [0.15, 0.2) is 0 Å². The molecule has 9 aromatic rings. The smallest absolute Gasteiger partial charge is 0.0731 e. The zero-order chi connectivity index (χ0) is 37.4. The molecular weight excluding hydrogens is 675 g/mol. The molecule has 9 aromatic carbocycles. The molecule has 56 heavy (non-hydrogen) atoms. The molecule has 0 amide bonds. The molecule has 0 saturated carbocycles. The Balaban J connectivity index is 0.00000179. The lowest BCUT2D eigenvalue weighted by molar-refractivity contribution is 0.802. The lowest BCUT2D eigenvalue weighted by Gasteiger charge is -2.32. The second-order valence-corrected chi connectivity index (χ2v) is 15.0. The quantitative estimate of drug-likeness (QED) is 0.164. The monoisotopic (exact) mass is 715 g/mol. The van der Waals surface area contributed by atoms with Gasteiger partial charge < -0.3 is 4.90 Å². The lowest BCUT2D eigenvalue weighted by Crippen LogP contribution is -2.26. The van der Waals surface area contributed by atoms with Crippen LogP contribution >= 0.6 is 0 Å². The molecule has 0 aromatic heterocycles. The molecule has 1 nitrogen and oxygen atoms in total. The third-order valence-corrected chi connectivity index (χ3v) is 12.4. The maximum Gasteiger partial charge on any atom is 0.0731 e. The molecule has 1 spiro atoms. The summed E-state index contributed by atoms with van der Waals surface area (Å²) in [4.78, 5) is 2.38. The van der Waals surface area contributed by atoms with Crippen molar-refractivity contribution in [2.45, 2.75) is 32.1 Å². The van der Waals surface area contributed by atoms with Crippen molar-refractivity contribution >= 4 is 43.7 Å². The number of nitrogens with zero attached hydrogens (tertiary/aromatic N) is 1. The number of hydrogen-bond acceptors (Lipinski definition) is 1. The lowest BCUT2D eigenvalue weighted by atomic mass is 9.68. The van der Waals surface area contributed by atoms with E-state index in [0.717, 1.165) is 18.5 Å². The summed E-state index contributed by atoms with van der Waals surface area (Å²) >= 11 is 0. The predicted molar refractivity (Wildman–Crippen MR) is 238 cm³/mol. The summed E-state index contributed by atoms with van der Waals surface area (Å²) in [6.07, 6.45) is 9.05. The fourth-order valence-electron chi connectivity index (χ4n) is 10.4. The van der Waals surface area contributed by atoms with E-state index in [1.165, 1.54) is 99.3 Å². The molecule has 12 rings (SSSR count). The molecule has 0 heterocycles. The van der Waals surface area contributed by atoms with Crippen LogP contribution in [0.5, 0.6) is 0 Å². The zero-order valence-electron chi connectivity index (χ0n) is 31.8. The van der Waals surface area contributed by atoms with E-state index in [9.17, 15) is 0 Å². The Morgan fingerprint density at radius 2 is 1.05 bits per heavy atom. The molecule has 1 heteroatoms. The van der Waals surface area contributed by atoms with Crippen LogP contribution in [0.4, 0.5) is 11.4 Å². The molecule has 0 N–H and O–H groups in total. The third-order valence-electron chi connectivity index (χ3n) is 12.4. The minimum atomic E-state index is -0.409. The number of anilines is 2. The van der Waals surface area contributed by atoms with E-state index >= 15 is 0 Å². The molecule has 0 bridgehead atoms. The summed E-state index contributed by atoms with van der Waals surface area (Å²) < 4.78 is 0. The van der Waals surface area contributed by atoms with Gasteiger partial charge in [0.1, 0.15) is 0 Å². The Labute approximate surface area is 328 Å². The maximum absolute atomic E-state index is 2.43. The van der Waals surface area contributed by atoms with Gasteiger partial charge in [-0.3, -0.25) is 0 Å². The number of hydrogen-bond donors (Lipinski definition) is 0. The van der Waals surface area contributed by atoms with Gasteiger partial charge in [-0.15, -0.1) is 0 Å². The average molecular weight is 716 g/mol. The van der Waals surface area contributed by atoms with E-state index in [-0.39, 0.29) is 0 Å². The van der Waals surface area contributed by atoms with Crippen LogP contribution in [-0.2, 0) is 5.41 Å². The first kappa shape index (κ1) is 32.7. The second kappa shape index (κ2) is 12.7. The number of rotatable bonds is 4. The zero-order valence-corrected chi connectivity index (χ0v) is 31.8. The molecule has 0 saturated heterocycles. The molecule has 3 aliphatic carbocycles. The number of fused-ring (bicyclic) bond motifs is 12. The first-order valence-corrected chi connectivity index (χ1v) is 20.2. The summed E-state index contributed by atoms with van der Waals surface area (Å²) in [5, 5.41) is 7.99. The van der Waals surface area contributed by atoms with Crippen LogP contribution < -0.4 is 4.90 Å². The Morgan fingerprint density at radius 1 is 0.464 bits per heavy atom. The van der Waals surface area contributed by atoms with Crippen LogP contribution in [0.3, 0.4) is 0 Å². The van der Waals surface area contributed by atoms with Gasteiger partial charge in [-0.1, -0.05) is 166 Å². The Morgan fingerprint density at radius 3 is 1.75 bits per heavy atom. The minimum Gasteiger partial charge on any atom is -0.311 e. The molecule has 0 unspecified atom stereocenters. The van der Waals surface area contributed by atoms with E-state index in [4.69, 9.17) is 0 Å². The standard InChI is InChI=1S/C53H35N.C2H6/c1-3-16-36(17-4-1)54(37-18-5-2-6-19-37)38-31-29-34(30-32-38)45-33-35-15-13-24-43-49(35)50-41(45)23-14-25-44(50)52-51(43)42-22-9-12-28-48(42)53(52)46-26-10-7-20-39(46)40-21-8-11-27-47(40)53;1-2/h1,3-5,7-33H,2,6H2;1-2H3. The van der Waals surface area contributed by atoms with Crippen molar-refractivity contribution in [3.8, 4) is 33.4 Å². The van der Waals surface area contributed by atoms with Gasteiger partial charge in [0.25, 0.3) is 0 Å². The van der Waals surface area contributed by atoms with E-state index < -0.39 is 5.41 Å². The summed E-state index contributed by atoms with van der Waals surface area (Å²) in [5.41, 5.74) is 16.6. The van der Waals surface area contributed by atoms with Crippen LogP contribution in [0.2, 0.25) is 0 Å². The summed E-state index contributed by atoms with van der Waals surface area (Å²) in [6.45, 7) is 4.00. The van der Waals surface area contributed by atoms with Gasteiger partial charge in [-0.05, 0) is 137 Å². The Bertz CT molecular complexity index is 2990. The largest absolute Gasteiger partial charge is 0.311 e. The summed E-state index contributed by atoms with van der Waals surface area (Å²) in [6, 6.07) is 63.9. The van der Waals surface area contributed by atoms with Crippen molar-refractivity contribution in [2.24, 2.45) is 0 Å². The van der Waals surface area contributed by atoms with Gasteiger partial charge in [-0.25, -0.2) is 0 Å². The number of para-hydroxylation sites is 1. The molecule has 0 aliphatic heterocycles. The predicted octanol–water partition coefficient (Wildman–Crippen LogP) is 15.0. The first-order chi connectivity index (χ1) is 27.8. The highest BCUT2D eigenvalue weighted by Crippen LogP contribution is 2.66. The minimum absolute atomic E-state index is 0.409.